The maximum atomic E-state index is 6.18. The number of halogens is 3. The van der Waals surface area contributed by atoms with E-state index in [1.54, 1.807) is 11.3 Å². The van der Waals surface area contributed by atoms with Crippen LogP contribution in [-0.4, -0.2) is 4.98 Å². The third-order valence-corrected chi connectivity index (χ3v) is 6.42. The zero-order valence-corrected chi connectivity index (χ0v) is 16.5. The molecule has 124 valence electrons. The average Bonchev–Trinajstić information content (AvgIpc) is 3.00. The largest absolute Gasteiger partial charge is 0.245 e. The lowest BCUT2D eigenvalue weighted by Crippen LogP contribution is -1.89. The molecule has 3 aromatic rings. The minimum atomic E-state index is 0.580. The molecule has 1 heterocycles. The first kappa shape index (κ1) is 18.1. The van der Waals surface area contributed by atoms with E-state index in [4.69, 9.17) is 39.8 Å². The Bertz CT molecular complexity index is 833. The topological polar surface area (TPSA) is 12.9 Å². The molecule has 6 heteroatoms. The molecule has 2 aromatic carbocycles. The van der Waals surface area contributed by atoms with Gasteiger partial charge in [-0.3, -0.25) is 0 Å². The van der Waals surface area contributed by atoms with Crippen molar-refractivity contribution in [2.24, 2.45) is 0 Å². The van der Waals surface area contributed by atoms with Crippen LogP contribution in [-0.2, 0) is 17.9 Å². The van der Waals surface area contributed by atoms with Crippen LogP contribution >= 0.6 is 57.9 Å². The molecule has 0 amide bonds. The van der Waals surface area contributed by atoms with Crippen molar-refractivity contribution >= 4 is 57.9 Å². The summed E-state index contributed by atoms with van der Waals surface area (Å²) >= 11 is 21.7. The summed E-state index contributed by atoms with van der Waals surface area (Å²) in [6.45, 7) is 0. The van der Waals surface area contributed by atoms with E-state index >= 15 is 0 Å². The normalized spacial score (nSPS) is 11.0. The van der Waals surface area contributed by atoms with Crippen molar-refractivity contribution in [3.05, 3.63) is 84.7 Å². The Balaban J connectivity index is 1.55. The zero-order valence-electron chi connectivity index (χ0n) is 12.6. The van der Waals surface area contributed by atoms with Gasteiger partial charge >= 0.3 is 0 Å². The van der Waals surface area contributed by atoms with Crippen molar-refractivity contribution in [3.8, 4) is 0 Å². The smallest absolute Gasteiger partial charge is 0.0972 e. The van der Waals surface area contributed by atoms with Crippen LogP contribution < -0.4 is 0 Å². The Morgan fingerprint density at radius 3 is 2.54 bits per heavy atom. The summed E-state index contributed by atoms with van der Waals surface area (Å²) in [6, 6.07) is 13.7. The van der Waals surface area contributed by atoms with Crippen LogP contribution in [0.15, 0.2) is 47.8 Å². The first-order valence-corrected chi connectivity index (χ1v) is 10.5. The second kappa shape index (κ2) is 8.59. The lowest BCUT2D eigenvalue weighted by molar-refractivity contribution is 1.09. The number of aromatic nitrogens is 1. The van der Waals surface area contributed by atoms with Gasteiger partial charge in [0.15, 0.2) is 0 Å². The number of rotatable bonds is 6. The number of thioether (sulfide) groups is 1. The molecule has 0 bridgehead atoms. The Morgan fingerprint density at radius 1 is 0.917 bits per heavy atom. The molecule has 1 aromatic heterocycles. The lowest BCUT2D eigenvalue weighted by atomic mass is 10.2. The molecule has 0 unspecified atom stereocenters. The minimum Gasteiger partial charge on any atom is -0.245 e. The van der Waals surface area contributed by atoms with Crippen molar-refractivity contribution in [2.45, 2.75) is 17.9 Å². The quantitative estimate of drug-likeness (QED) is 0.425. The van der Waals surface area contributed by atoms with E-state index in [1.807, 2.05) is 48.2 Å². The highest BCUT2D eigenvalue weighted by molar-refractivity contribution is 7.97. The molecular weight excluding hydrogens is 401 g/mol. The SMILES string of the molecule is Clc1ccc(Cc2nc(CSCc3ccccc3Cl)cs2)cc1Cl. The van der Waals surface area contributed by atoms with E-state index in [0.717, 1.165) is 44.8 Å². The van der Waals surface area contributed by atoms with Gasteiger partial charge in [-0.25, -0.2) is 4.98 Å². The van der Waals surface area contributed by atoms with Gasteiger partial charge in [0.05, 0.1) is 20.7 Å². The first-order chi connectivity index (χ1) is 11.6. The Labute approximate surface area is 165 Å². The molecule has 0 aliphatic carbocycles. The number of hydrogen-bond acceptors (Lipinski definition) is 3. The highest BCUT2D eigenvalue weighted by atomic mass is 35.5. The fraction of sp³-hybridized carbons (Fsp3) is 0.167. The summed E-state index contributed by atoms with van der Waals surface area (Å²) in [7, 11) is 0. The standard InChI is InChI=1S/C18H14Cl3NS2/c19-15-4-2-1-3-13(15)9-23-10-14-11-24-18(22-14)8-12-5-6-16(20)17(21)7-12/h1-7,11H,8-10H2. The molecule has 0 saturated carbocycles. The van der Waals surface area contributed by atoms with Crippen LogP contribution in [0.4, 0.5) is 0 Å². The lowest BCUT2D eigenvalue weighted by Gasteiger charge is -2.03. The summed E-state index contributed by atoms with van der Waals surface area (Å²) in [5, 5.41) is 5.19. The number of benzene rings is 2. The summed E-state index contributed by atoms with van der Waals surface area (Å²) in [6.07, 6.45) is 0.775. The molecule has 0 spiro atoms. The molecule has 3 rings (SSSR count). The second-order valence-electron chi connectivity index (χ2n) is 5.24. The molecule has 0 fully saturated rings. The van der Waals surface area contributed by atoms with E-state index in [0.29, 0.717) is 10.0 Å². The predicted octanol–water partition coefficient (Wildman–Crippen LogP) is 7.13. The minimum absolute atomic E-state index is 0.580. The van der Waals surface area contributed by atoms with Crippen molar-refractivity contribution in [3.63, 3.8) is 0 Å². The van der Waals surface area contributed by atoms with Gasteiger partial charge in [-0.15, -0.1) is 11.3 Å². The molecule has 0 saturated heterocycles. The van der Waals surface area contributed by atoms with Gasteiger partial charge in [0.2, 0.25) is 0 Å². The molecule has 0 N–H and O–H groups in total. The van der Waals surface area contributed by atoms with Crippen LogP contribution in [0.5, 0.6) is 0 Å². The monoisotopic (exact) mass is 413 g/mol. The van der Waals surface area contributed by atoms with Gasteiger partial charge < -0.3 is 0 Å². The fourth-order valence-corrected chi connectivity index (χ4v) is 4.67. The molecule has 1 nitrogen and oxygen atoms in total. The van der Waals surface area contributed by atoms with Crippen molar-refractivity contribution < 1.29 is 0 Å². The Morgan fingerprint density at radius 2 is 1.75 bits per heavy atom. The van der Waals surface area contributed by atoms with E-state index in [2.05, 4.69) is 11.4 Å². The van der Waals surface area contributed by atoms with Crippen LogP contribution in [0.25, 0.3) is 0 Å². The van der Waals surface area contributed by atoms with Crippen LogP contribution in [0, 0.1) is 0 Å². The Hall–Kier alpha value is -0.710. The van der Waals surface area contributed by atoms with E-state index in [-0.39, 0.29) is 0 Å². The first-order valence-electron chi connectivity index (χ1n) is 7.30. The molecule has 24 heavy (non-hydrogen) atoms. The summed E-state index contributed by atoms with van der Waals surface area (Å²) < 4.78 is 0. The highest BCUT2D eigenvalue weighted by Crippen LogP contribution is 2.26. The van der Waals surface area contributed by atoms with Gasteiger partial charge in [-0.1, -0.05) is 59.1 Å². The number of thiazole rings is 1. The van der Waals surface area contributed by atoms with E-state index < -0.39 is 0 Å². The van der Waals surface area contributed by atoms with Crippen molar-refractivity contribution in [1.82, 2.24) is 4.98 Å². The maximum Gasteiger partial charge on any atom is 0.0972 e. The van der Waals surface area contributed by atoms with E-state index in [9.17, 15) is 0 Å². The third kappa shape index (κ3) is 4.90. The van der Waals surface area contributed by atoms with Crippen LogP contribution in [0.3, 0.4) is 0 Å². The summed E-state index contributed by atoms with van der Waals surface area (Å²) in [5.74, 6) is 1.77. The van der Waals surface area contributed by atoms with Gasteiger partial charge in [-0.05, 0) is 29.3 Å². The molecule has 0 aliphatic heterocycles. The maximum absolute atomic E-state index is 6.18. The van der Waals surface area contributed by atoms with Gasteiger partial charge in [0.25, 0.3) is 0 Å². The summed E-state index contributed by atoms with van der Waals surface area (Å²) in [5.41, 5.74) is 3.39. The predicted molar refractivity (Wildman–Crippen MR) is 108 cm³/mol. The molecular formula is C18H14Cl3NS2. The van der Waals surface area contributed by atoms with Crippen LogP contribution in [0.1, 0.15) is 21.8 Å². The zero-order chi connectivity index (χ0) is 16.9. The number of nitrogens with zero attached hydrogens (tertiary/aromatic N) is 1. The van der Waals surface area contributed by atoms with E-state index in [1.165, 1.54) is 0 Å². The molecule has 0 atom stereocenters. The van der Waals surface area contributed by atoms with Gasteiger partial charge in [0.1, 0.15) is 0 Å². The third-order valence-electron chi connectivity index (χ3n) is 3.40. The second-order valence-corrected chi connectivity index (χ2v) is 8.39. The van der Waals surface area contributed by atoms with Gasteiger partial charge in [-0.2, -0.15) is 11.8 Å². The van der Waals surface area contributed by atoms with Crippen LogP contribution in [0.2, 0.25) is 15.1 Å². The highest BCUT2D eigenvalue weighted by Gasteiger charge is 2.06. The van der Waals surface area contributed by atoms with Crippen molar-refractivity contribution in [2.75, 3.05) is 0 Å². The number of hydrogen-bond donors (Lipinski definition) is 0. The Kier molecular flexibility index (Phi) is 6.48. The van der Waals surface area contributed by atoms with Gasteiger partial charge in [0, 0.05) is 28.3 Å². The molecule has 0 radical (unpaired) electrons. The molecule has 0 aliphatic rings. The van der Waals surface area contributed by atoms with Crippen molar-refractivity contribution in [1.29, 1.82) is 0 Å². The fourth-order valence-electron chi connectivity index (χ4n) is 2.20. The average molecular weight is 415 g/mol. The summed E-state index contributed by atoms with van der Waals surface area (Å²) in [4.78, 5) is 4.70.